The molecule has 1 N–H and O–H groups in total. The molecule has 0 aliphatic carbocycles. The van der Waals surface area contributed by atoms with E-state index in [1.807, 2.05) is 0 Å². The third-order valence-electron chi connectivity index (χ3n) is 2.72. The van der Waals surface area contributed by atoms with Gasteiger partial charge in [-0.3, -0.25) is 0 Å². The standard InChI is InChI=1S/C11H12BrF3N2/c12-8-1-2-9(11(13,14)15)10(7-8)17-5-3-16-4-6-17/h1-2,7,16H,3-6H2. The molecular formula is C11H12BrF3N2. The van der Waals surface area contributed by atoms with Gasteiger partial charge in [0.2, 0.25) is 0 Å². The van der Waals surface area contributed by atoms with Crippen molar-refractivity contribution < 1.29 is 13.2 Å². The zero-order valence-corrected chi connectivity index (χ0v) is 10.6. The molecule has 0 unspecified atom stereocenters. The summed E-state index contributed by atoms with van der Waals surface area (Å²) in [6.45, 7) is 2.62. The Morgan fingerprint density at radius 3 is 2.41 bits per heavy atom. The number of nitrogens with zero attached hydrogens (tertiary/aromatic N) is 1. The van der Waals surface area contributed by atoms with Gasteiger partial charge in [0.05, 0.1) is 11.3 Å². The van der Waals surface area contributed by atoms with Crippen molar-refractivity contribution in [1.29, 1.82) is 0 Å². The molecule has 1 fully saturated rings. The predicted molar refractivity (Wildman–Crippen MR) is 64.2 cm³/mol. The highest BCUT2D eigenvalue weighted by molar-refractivity contribution is 9.10. The van der Waals surface area contributed by atoms with Crippen molar-refractivity contribution >= 4 is 21.6 Å². The van der Waals surface area contributed by atoms with Crippen molar-refractivity contribution in [2.75, 3.05) is 31.1 Å². The van der Waals surface area contributed by atoms with Crippen molar-refractivity contribution in [3.63, 3.8) is 0 Å². The van der Waals surface area contributed by atoms with Crippen LogP contribution in [-0.2, 0) is 6.18 Å². The second-order valence-electron chi connectivity index (χ2n) is 3.90. The molecule has 0 saturated carbocycles. The van der Waals surface area contributed by atoms with Crippen LogP contribution in [0.2, 0.25) is 0 Å². The van der Waals surface area contributed by atoms with Crippen LogP contribution in [0.5, 0.6) is 0 Å². The molecule has 0 amide bonds. The van der Waals surface area contributed by atoms with Crippen molar-refractivity contribution in [2.24, 2.45) is 0 Å². The first-order chi connectivity index (χ1) is 7.98. The van der Waals surface area contributed by atoms with Crippen LogP contribution in [-0.4, -0.2) is 26.2 Å². The van der Waals surface area contributed by atoms with Crippen LogP contribution in [0.15, 0.2) is 22.7 Å². The molecule has 2 nitrogen and oxygen atoms in total. The van der Waals surface area contributed by atoms with Gasteiger partial charge >= 0.3 is 6.18 Å². The largest absolute Gasteiger partial charge is 0.418 e. The van der Waals surface area contributed by atoms with E-state index in [-0.39, 0.29) is 5.69 Å². The Hall–Kier alpha value is -0.750. The topological polar surface area (TPSA) is 15.3 Å². The van der Waals surface area contributed by atoms with E-state index in [1.165, 1.54) is 12.1 Å². The fourth-order valence-corrected chi connectivity index (χ4v) is 2.26. The third kappa shape index (κ3) is 2.93. The molecule has 2 rings (SSSR count). The number of rotatable bonds is 1. The van der Waals surface area contributed by atoms with Crippen molar-refractivity contribution in [3.8, 4) is 0 Å². The molecule has 1 aliphatic rings. The van der Waals surface area contributed by atoms with Gasteiger partial charge in [-0.05, 0) is 18.2 Å². The molecule has 0 bridgehead atoms. The molecule has 1 aromatic carbocycles. The van der Waals surface area contributed by atoms with E-state index < -0.39 is 11.7 Å². The Bertz CT molecular complexity index is 400. The van der Waals surface area contributed by atoms with Crippen LogP contribution >= 0.6 is 15.9 Å². The molecule has 17 heavy (non-hydrogen) atoms. The first kappa shape index (κ1) is 12.7. The molecule has 1 saturated heterocycles. The van der Waals surface area contributed by atoms with Gasteiger partial charge in [-0.2, -0.15) is 13.2 Å². The van der Waals surface area contributed by atoms with Crippen LogP contribution in [0.1, 0.15) is 5.56 Å². The highest BCUT2D eigenvalue weighted by atomic mass is 79.9. The van der Waals surface area contributed by atoms with E-state index in [0.717, 1.165) is 6.07 Å². The van der Waals surface area contributed by atoms with Crippen LogP contribution in [0.4, 0.5) is 18.9 Å². The lowest BCUT2D eigenvalue weighted by Crippen LogP contribution is -2.44. The van der Waals surface area contributed by atoms with Gasteiger partial charge in [-0.15, -0.1) is 0 Å². The maximum absolute atomic E-state index is 12.9. The van der Waals surface area contributed by atoms with Gasteiger partial charge in [0, 0.05) is 30.7 Å². The molecule has 0 radical (unpaired) electrons. The lowest BCUT2D eigenvalue weighted by Gasteiger charge is -2.31. The Morgan fingerprint density at radius 2 is 1.82 bits per heavy atom. The van der Waals surface area contributed by atoms with Crippen LogP contribution < -0.4 is 10.2 Å². The van der Waals surface area contributed by atoms with E-state index in [0.29, 0.717) is 30.7 Å². The molecule has 94 valence electrons. The maximum Gasteiger partial charge on any atom is 0.418 e. The fourth-order valence-electron chi connectivity index (χ4n) is 1.91. The van der Waals surface area contributed by atoms with Crippen LogP contribution in [0.3, 0.4) is 0 Å². The Labute approximate surface area is 106 Å². The summed E-state index contributed by atoms with van der Waals surface area (Å²) in [5.41, 5.74) is -0.309. The minimum Gasteiger partial charge on any atom is -0.368 e. The highest BCUT2D eigenvalue weighted by Gasteiger charge is 2.35. The summed E-state index contributed by atoms with van der Waals surface area (Å²) in [7, 11) is 0. The predicted octanol–water partition coefficient (Wildman–Crippen LogP) is 2.88. The number of nitrogens with one attached hydrogen (secondary N) is 1. The fraction of sp³-hybridized carbons (Fsp3) is 0.455. The molecule has 0 aromatic heterocycles. The summed E-state index contributed by atoms with van der Waals surface area (Å²) >= 11 is 3.22. The van der Waals surface area contributed by atoms with Crippen molar-refractivity contribution in [3.05, 3.63) is 28.2 Å². The summed E-state index contributed by atoms with van der Waals surface area (Å²) in [4.78, 5) is 1.77. The van der Waals surface area contributed by atoms with E-state index >= 15 is 0 Å². The third-order valence-corrected chi connectivity index (χ3v) is 3.22. The monoisotopic (exact) mass is 308 g/mol. The Balaban J connectivity index is 2.39. The number of halogens is 4. The van der Waals surface area contributed by atoms with Gasteiger partial charge in [0.15, 0.2) is 0 Å². The van der Waals surface area contributed by atoms with Crippen LogP contribution in [0, 0.1) is 0 Å². The van der Waals surface area contributed by atoms with E-state index in [1.54, 1.807) is 4.90 Å². The Kier molecular flexibility index (Phi) is 3.63. The van der Waals surface area contributed by atoms with Gasteiger partial charge in [0.25, 0.3) is 0 Å². The highest BCUT2D eigenvalue weighted by Crippen LogP contribution is 2.38. The second-order valence-corrected chi connectivity index (χ2v) is 4.81. The lowest BCUT2D eigenvalue weighted by atomic mass is 10.1. The van der Waals surface area contributed by atoms with E-state index in [2.05, 4.69) is 21.2 Å². The average Bonchev–Trinajstić information content (AvgIpc) is 2.28. The number of alkyl halides is 3. The minimum absolute atomic E-state index is 0.258. The Morgan fingerprint density at radius 1 is 1.18 bits per heavy atom. The number of hydrogen-bond acceptors (Lipinski definition) is 2. The first-order valence-electron chi connectivity index (χ1n) is 5.31. The zero-order chi connectivity index (χ0) is 12.5. The SMILES string of the molecule is FC(F)(F)c1ccc(Br)cc1N1CCNCC1. The minimum atomic E-state index is -4.30. The summed E-state index contributed by atoms with van der Waals surface area (Å²) in [5, 5.41) is 3.12. The van der Waals surface area contributed by atoms with Gasteiger partial charge < -0.3 is 10.2 Å². The summed E-state index contributed by atoms with van der Waals surface area (Å²) in [6, 6.07) is 4.09. The smallest absolute Gasteiger partial charge is 0.368 e. The average molecular weight is 309 g/mol. The van der Waals surface area contributed by atoms with E-state index in [9.17, 15) is 13.2 Å². The van der Waals surface area contributed by atoms with E-state index in [4.69, 9.17) is 0 Å². The lowest BCUT2D eigenvalue weighted by molar-refractivity contribution is -0.137. The van der Waals surface area contributed by atoms with Crippen LogP contribution in [0.25, 0.3) is 0 Å². The molecule has 1 aliphatic heterocycles. The number of hydrogen-bond donors (Lipinski definition) is 1. The number of piperazine rings is 1. The molecule has 0 spiro atoms. The summed E-state index contributed by atoms with van der Waals surface area (Å²) in [6.07, 6.45) is -4.30. The quantitative estimate of drug-likeness (QED) is 0.858. The number of anilines is 1. The van der Waals surface area contributed by atoms with Gasteiger partial charge in [0.1, 0.15) is 0 Å². The maximum atomic E-state index is 12.9. The van der Waals surface area contributed by atoms with Gasteiger partial charge in [-0.1, -0.05) is 15.9 Å². The van der Waals surface area contributed by atoms with Crippen molar-refractivity contribution in [1.82, 2.24) is 5.32 Å². The van der Waals surface area contributed by atoms with Gasteiger partial charge in [-0.25, -0.2) is 0 Å². The van der Waals surface area contributed by atoms with Crippen molar-refractivity contribution in [2.45, 2.75) is 6.18 Å². The molecule has 1 aromatic rings. The first-order valence-corrected chi connectivity index (χ1v) is 6.10. The molecule has 0 atom stereocenters. The zero-order valence-electron chi connectivity index (χ0n) is 9.02. The molecule has 1 heterocycles. The second kappa shape index (κ2) is 4.86. The summed E-state index contributed by atoms with van der Waals surface area (Å²) in [5.74, 6) is 0. The normalized spacial score (nSPS) is 17.3. The summed E-state index contributed by atoms with van der Waals surface area (Å²) < 4.78 is 39.3. The molecule has 6 heteroatoms. The number of benzene rings is 1. The molecular weight excluding hydrogens is 297 g/mol.